The van der Waals surface area contributed by atoms with E-state index >= 15 is 0 Å². The molecule has 0 atom stereocenters. The van der Waals surface area contributed by atoms with E-state index in [4.69, 9.17) is 10.00 Å². The summed E-state index contributed by atoms with van der Waals surface area (Å²) in [6.07, 6.45) is 0. The van der Waals surface area contributed by atoms with Crippen LogP contribution in [-0.2, 0) is 21.4 Å². The van der Waals surface area contributed by atoms with E-state index in [0.717, 1.165) is 5.69 Å². The molecule has 1 heterocycles. The molecule has 0 aromatic heterocycles. The highest BCUT2D eigenvalue weighted by molar-refractivity contribution is 7.89. The van der Waals surface area contributed by atoms with E-state index in [9.17, 15) is 17.6 Å². The number of anilines is 1. The van der Waals surface area contributed by atoms with Gasteiger partial charge in [0.1, 0.15) is 12.4 Å². The Morgan fingerprint density at radius 2 is 1.68 bits per heavy atom. The average molecular weight is 480 g/mol. The van der Waals surface area contributed by atoms with Crippen LogP contribution in [-0.4, -0.2) is 44.9 Å². The normalized spacial score (nSPS) is 14.4. The second-order valence-electron chi connectivity index (χ2n) is 7.74. The number of nitrogens with zero attached hydrogens (tertiary/aromatic N) is 3. The Bertz CT molecular complexity index is 1330. The molecule has 4 rings (SSSR count). The summed E-state index contributed by atoms with van der Waals surface area (Å²) in [5.74, 6) is -0.997. The number of sulfonamides is 1. The summed E-state index contributed by atoms with van der Waals surface area (Å²) in [6.45, 7) is 1.36. The zero-order valence-corrected chi connectivity index (χ0v) is 19.0. The van der Waals surface area contributed by atoms with Crippen LogP contribution in [0.25, 0.3) is 0 Å². The summed E-state index contributed by atoms with van der Waals surface area (Å²) < 4.78 is 46.2. The van der Waals surface area contributed by atoms with Crippen LogP contribution >= 0.6 is 0 Å². The van der Waals surface area contributed by atoms with Crippen molar-refractivity contribution >= 4 is 21.7 Å². The molecule has 174 valence electrons. The maximum atomic E-state index is 13.2. The Morgan fingerprint density at radius 3 is 2.38 bits per heavy atom. The van der Waals surface area contributed by atoms with E-state index < -0.39 is 16.0 Å². The molecular formula is C25H22FN3O4S. The zero-order chi connectivity index (χ0) is 24.1. The first kappa shape index (κ1) is 23.4. The van der Waals surface area contributed by atoms with Gasteiger partial charge in [0, 0.05) is 37.4 Å². The second kappa shape index (κ2) is 10.0. The maximum Gasteiger partial charge on any atom is 0.338 e. The number of halogens is 1. The number of nitriles is 1. The van der Waals surface area contributed by atoms with Crippen molar-refractivity contribution in [2.45, 2.75) is 11.5 Å². The molecule has 1 saturated heterocycles. The lowest BCUT2D eigenvalue weighted by Crippen LogP contribution is -2.48. The first-order valence-corrected chi connectivity index (χ1v) is 12.1. The molecule has 0 aliphatic carbocycles. The highest BCUT2D eigenvalue weighted by Gasteiger charge is 2.29. The van der Waals surface area contributed by atoms with E-state index in [2.05, 4.69) is 0 Å². The summed E-state index contributed by atoms with van der Waals surface area (Å²) in [7, 11) is -3.81. The quantitative estimate of drug-likeness (QED) is 0.502. The predicted octanol–water partition coefficient (Wildman–Crippen LogP) is 3.57. The number of piperazine rings is 1. The van der Waals surface area contributed by atoms with Crippen LogP contribution in [0.15, 0.2) is 77.7 Å². The number of rotatable bonds is 6. The maximum absolute atomic E-state index is 13.2. The minimum Gasteiger partial charge on any atom is -0.457 e. The van der Waals surface area contributed by atoms with Crippen molar-refractivity contribution in [1.82, 2.24) is 4.31 Å². The topological polar surface area (TPSA) is 90.7 Å². The Balaban J connectivity index is 1.42. The van der Waals surface area contributed by atoms with E-state index in [1.807, 2.05) is 11.0 Å². The van der Waals surface area contributed by atoms with Gasteiger partial charge in [0.25, 0.3) is 0 Å². The van der Waals surface area contributed by atoms with Gasteiger partial charge in [0.15, 0.2) is 0 Å². The van der Waals surface area contributed by atoms with Crippen molar-refractivity contribution in [3.05, 3.63) is 95.3 Å². The van der Waals surface area contributed by atoms with Crippen molar-refractivity contribution in [2.24, 2.45) is 0 Å². The highest BCUT2D eigenvalue weighted by Crippen LogP contribution is 2.22. The van der Waals surface area contributed by atoms with Gasteiger partial charge in [-0.2, -0.15) is 9.57 Å². The minimum atomic E-state index is -3.81. The van der Waals surface area contributed by atoms with Crippen molar-refractivity contribution in [2.75, 3.05) is 31.1 Å². The summed E-state index contributed by atoms with van der Waals surface area (Å²) >= 11 is 0. The lowest BCUT2D eigenvalue weighted by molar-refractivity contribution is 0.0472. The van der Waals surface area contributed by atoms with Gasteiger partial charge in [-0.05, 0) is 48.5 Å². The first-order chi connectivity index (χ1) is 16.4. The van der Waals surface area contributed by atoms with Crippen LogP contribution in [0, 0.1) is 17.1 Å². The van der Waals surface area contributed by atoms with Crippen molar-refractivity contribution < 1.29 is 22.3 Å². The largest absolute Gasteiger partial charge is 0.457 e. The van der Waals surface area contributed by atoms with Crippen molar-refractivity contribution in [1.29, 1.82) is 5.26 Å². The van der Waals surface area contributed by atoms with E-state index in [1.165, 1.54) is 40.7 Å². The Morgan fingerprint density at radius 1 is 0.971 bits per heavy atom. The van der Waals surface area contributed by atoms with E-state index in [-0.39, 0.29) is 36.0 Å². The number of hydrogen-bond acceptors (Lipinski definition) is 6. The number of esters is 1. The average Bonchev–Trinajstić information content (AvgIpc) is 2.88. The third-order valence-corrected chi connectivity index (χ3v) is 7.53. The van der Waals surface area contributed by atoms with Crippen LogP contribution in [0.3, 0.4) is 0 Å². The number of hydrogen-bond donors (Lipinski definition) is 0. The third-order valence-electron chi connectivity index (χ3n) is 5.63. The van der Waals surface area contributed by atoms with Gasteiger partial charge in [-0.25, -0.2) is 17.6 Å². The van der Waals surface area contributed by atoms with Gasteiger partial charge in [0.05, 0.1) is 22.1 Å². The Labute approximate surface area is 197 Å². The van der Waals surface area contributed by atoms with Gasteiger partial charge < -0.3 is 9.64 Å². The summed E-state index contributed by atoms with van der Waals surface area (Å²) in [6, 6.07) is 20.7. The zero-order valence-electron chi connectivity index (χ0n) is 18.2. The van der Waals surface area contributed by atoms with Crippen molar-refractivity contribution in [3.63, 3.8) is 0 Å². The summed E-state index contributed by atoms with van der Waals surface area (Å²) in [5, 5.41) is 9.16. The molecular weight excluding hydrogens is 457 g/mol. The molecule has 1 fully saturated rings. The number of ether oxygens (including phenoxy) is 1. The first-order valence-electron chi connectivity index (χ1n) is 10.6. The molecule has 7 nitrogen and oxygen atoms in total. The van der Waals surface area contributed by atoms with Gasteiger partial charge >= 0.3 is 5.97 Å². The lowest BCUT2D eigenvalue weighted by atomic mass is 10.1. The lowest BCUT2D eigenvalue weighted by Gasteiger charge is -2.35. The molecule has 9 heteroatoms. The molecule has 34 heavy (non-hydrogen) atoms. The fraction of sp³-hybridized carbons (Fsp3) is 0.200. The highest BCUT2D eigenvalue weighted by atomic mass is 32.2. The van der Waals surface area contributed by atoms with Gasteiger partial charge in [0.2, 0.25) is 10.0 Å². The monoisotopic (exact) mass is 479 g/mol. The summed E-state index contributed by atoms with van der Waals surface area (Å²) in [4.78, 5) is 14.6. The van der Waals surface area contributed by atoms with Gasteiger partial charge in [-0.1, -0.05) is 24.3 Å². The molecule has 0 radical (unpaired) electrons. The molecule has 0 amide bonds. The Kier molecular flexibility index (Phi) is 6.91. The smallest absolute Gasteiger partial charge is 0.338 e. The molecule has 1 aliphatic heterocycles. The van der Waals surface area contributed by atoms with Crippen molar-refractivity contribution in [3.8, 4) is 6.07 Å². The molecule has 0 N–H and O–H groups in total. The standard InChI is InChI=1S/C25H22FN3O4S/c26-22-8-10-23(11-9-22)28-12-14-29(15-13-28)34(31,32)24-7-3-6-19(16-24)25(30)33-18-21-5-2-1-4-20(21)17-27/h1-11,16H,12-15,18H2. The Hall–Kier alpha value is -3.74. The fourth-order valence-electron chi connectivity index (χ4n) is 3.75. The number of carbonyl (C=O) groups excluding carboxylic acids is 1. The van der Waals surface area contributed by atoms with Crippen LogP contribution in [0.5, 0.6) is 0 Å². The number of benzene rings is 3. The van der Waals surface area contributed by atoms with E-state index in [0.29, 0.717) is 24.2 Å². The molecule has 0 bridgehead atoms. The second-order valence-corrected chi connectivity index (χ2v) is 9.68. The number of carbonyl (C=O) groups is 1. The third kappa shape index (κ3) is 5.09. The fourth-order valence-corrected chi connectivity index (χ4v) is 5.22. The van der Waals surface area contributed by atoms with Crippen LogP contribution in [0.4, 0.5) is 10.1 Å². The van der Waals surface area contributed by atoms with Gasteiger partial charge in [-0.3, -0.25) is 0 Å². The molecule has 0 spiro atoms. The molecule has 1 aliphatic rings. The van der Waals surface area contributed by atoms with Crippen LogP contribution < -0.4 is 4.90 Å². The summed E-state index contributed by atoms with van der Waals surface area (Å²) in [5.41, 5.74) is 1.93. The van der Waals surface area contributed by atoms with Gasteiger partial charge in [-0.15, -0.1) is 0 Å². The molecule has 3 aromatic rings. The SMILES string of the molecule is N#Cc1ccccc1COC(=O)c1cccc(S(=O)(=O)N2CCN(c3ccc(F)cc3)CC2)c1. The molecule has 0 saturated carbocycles. The van der Waals surface area contributed by atoms with E-state index in [1.54, 1.807) is 36.4 Å². The molecule has 3 aromatic carbocycles. The minimum absolute atomic E-state index is 0.00890. The predicted molar refractivity (Wildman–Crippen MR) is 124 cm³/mol. The van der Waals surface area contributed by atoms with Crippen LogP contribution in [0.1, 0.15) is 21.5 Å². The molecule has 0 unspecified atom stereocenters. The van der Waals surface area contributed by atoms with Crippen LogP contribution in [0.2, 0.25) is 0 Å².